The molecule has 2 aromatic carbocycles. The summed E-state index contributed by atoms with van der Waals surface area (Å²) < 4.78 is 32.2. The number of benzene rings is 2. The van der Waals surface area contributed by atoms with Crippen LogP contribution in [0, 0.1) is 0 Å². The number of carbonyl (C=O) groups is 2. The Bertz CT molecular complexity index is 1200. The average molecular weight is 507 g/mol. The zero-order valence-corrected chi connectivity index (χ0v) is 20.5. The van der Waals surface area contributed by atoms with Crippen LogP contribution in [0.25, 0.3) is 0 Å². The minimum absolute atomic E-state index is 0.251. The van der Waals surface area contributed by atoms with E-state index in [0.717, 1.165) is 19.1 Å². The Kier molecular flexibility index (Phi) is 6.89. The first kappa shape index (κ1) is 24.5. The van der Waals surface area contributed by atoms with Gasteiger partial charge in [-0.3, -0.25) is 9.59 Å². The molecule has 0 bridgehead atoms. The number of carboxylic acids is 1. The lowest BCUT2D eigenvalue weighted by molar-refractivity contribution is -0.141. The molecule has 34 heavy (non-hydrogen) atoms. The molecule has 4 rings (SSSR count). The minimum Gasteiger partial charge on any atom is -0.497 e. The molecule has 1 aliphatic heterocycles. The molecule has 0 unspecified atom stereocenters. The molecular weight excluding hydrogens is 480 g/mol. The van der Waals surface area contributed by atoms with Crippen LogP contribution in [0.3, 0.4) is 0 Å². The topological polar surface area (TPSA) is 113 Å². The number of carbonyl (C=O) groups excluding carboxylic acids is 1. The van der Waals surface area contributed by atoms with Crippen molar-refractivity contribution < 1.29 is 27.9 Å². The molecule has 1 amide bonds. The molecule has 1 heterocycles. The summed E-state index contributed by atoms with van der Waals surface area (Å²) in [5.74, 6) is -2.04. The largest absolute Gasteiger partial charge is 0.497 e. The van der Waals surface area contributed by atoms with Crippen LogP contribution in [0.5, 0.6) is 5.75 Å². The highest BCUT2D eigenvalue weighted by molar-refractivity contribution is 7.88. The number of rotatable bonds is 6. The number of methoxy groups -OCH3 is 1. The molecule has 0 aromatic heterocycles. The third-order valence-corrected chi connectivity index (χ3v) is 7.59. The van der Waals surface area contributed by atoms with Crippen LogP contribution < -0.4 is 9.46 Å². The molecule has 2 N–H and O–H groups in total. The van der Waals surface area contributed by atoms with Gasteiger partial charge in [-0.1, -0.05) is 42.6 Å². The van der Waals surface area contributed by atoms with E-state index >= 15 is 0 Å². The molecule has 182 valence electrons. The molecule has 8 nitrogen and oxygen atoms in total. The highest BCUT2D eigenvalue weighted by Crippen LogP contribution is 2.46. The molecule has 10 heteroatoms. The van der Waals surface area contributed by atoms with Gasteiger partial charge in [-0.05, 0) is 48.2 Å². The SMILES string of the molecule is COc1ccc2c(c1)C(=O)N([C@H]1CCCC[C@@H]1NS(C)(=O)=O)[C@@H](c1ccc(Cl)cc1)[C@@H]2C(=O)O. The number of aliphatic carboxylic acids is 1. The van der Waals surface area contributed by atoms with Crippen molar-refractivity contribution in [1.82, 2.24) is 9.62 Å². The summed E-state index contributed by atoms with van der Waals surface area (Å²) in [4.78, 5) is 28.2. The number of sulfonamides is 1. The highest BCUT2D eigenvalue weighted by atomic mass is 35.5. The van der Waals surface area contributed by atoms with Gasteiger partial charge in [-0.2, -0.15) is 0 Å². The Morgan fingerprint density at radius 2 is 1.82 bits per heavy atom. The van der Waals surface area contributed by atoms with Crippen LogP contribution in [0.15, 0.2) is 42.5 Å². The van der Waals surface area contributed by atoms with Crippen LogP contribution in [0.1, 0.15) is 59.1 Å². The zero-order valence-electron chi connectivity index (χ0n) is 18.9. The summed E-state index contributed by atoms with van der Waals surface area (Å²) in [6, 6.07) is 9.71. The molecule has 0 radical (unpaired) electrons. The Labute approximate surface area is 203 Å². The highest BCUT2D eigenvalue weighted by Gasteiger charge is 2.49. The first-order valence-corrected chi connectivity index (χ1v) is 13.3. The zero-order chi connectivity index (χ0) is 24.6. The van der Waals surface area contributed by atoms with Crippen molar-refractivity contribution in [2.45, 2.75) is 49.7 Å². The van der Waals surface area contributed by atoms with Crippen molar-refractivity contribution in [3.63, 3.8) is 0 Å². The maximum atomic E-state index is 14.0. The van der Waals surface area contributed by atoms with Crippen molar-refractivity contribution in [2.24, 2.45) is 0 Å². The van der Waals surface area contributed by atoms with E-state index in [1.165, 1.54) is 7.11 Å². The number of hydrogen-bond acceptors (Lipinski definition) is 5. The summed E-state index contributed by atoms with van der Waals surface area (Å²) in [7, 11) is -2.07. The molecule has 0 spiro atoms. The van der Waals surface area contributed by atoms with Crippen molar-refractivity contribution in [3.05, 3.63) is 64.2 Å². The summed E-state index contributed by atoms with van der Waals surface area (Å²) >= 11 is 6.09. The van der Waals surface area contributed by atoms with Gasteiger partial charge in [0.05, 0.1) is 19.4 Å². The maximum absolute atomic E-state index is 14.0. The third-order valence-electron chi connectivity index (χ3n) is 6.61. The van der Waals surface area contributed by atoms with Gasteiger partial charge in [-0.15, -0.1) is 0 Å². The Morgan fingerprint density at radius 1 is 1.15 bits per heavy atom. The smallest absolute Gasteiger partial charge is 0.313 e. The van der Waals surface area contributed by atoms with Gasteiger partial charge in [0.1, 0.15) is 11.7 Å². The van der Waals surface area contributed by atoms with E-state index in [0.29, 0.717) is 34.7 Å². The van der Waals surface area contributed by atoms with Crippen LogP contribution in [0.4, 0.5) is 0 Å². The van der Waals surface area contributed by atoms with Crippen LogP contribution >= 0.6 is 11.6 Å². The summed E-state index contributed by atoms with van der Waals surface area (Å²) in [6.07, 6.45) is 3.80. The minimum atomic E-state index is -3.54. The molecule has 2 aromatic rings. The molecule has 0 saturated heterocycles. The fourth-order valence-corrected chi connectivity index (χ4v) is 6.16. The maximum Gasteiger partial charge on any atom is 0.313 e. The van der Waals surface area contributed by atoms with E-state index < -0.39 is 40.0 Å². The standard InChI is InChI=1S/C24H27ClN2O6S/c1-33-16-11-12-17-18(13-16)23(28)27(20-6-4-3-5-19(20)26-34(2,31)32)22(21(17)24(29)30)14-7-9-15(25)10-8-14/h7-13,19-22,26H,3-6H2,1-2H3,(H,29,30)/t19-,20-,21+,22-/m0/s1. The van der Waals surface area contributed by atoms with Gasteiger partial charge in [0.15, 0.2) is 0 Å². The van der Waals surface area contributed by atoms with E-state index in [4.69, 9.17) is 16.3 Å². The van der Waals surface area contributed by atoms with E-state index in [9.17, 15) is 23.1 Å². The molecule has 2 aliphatic rings. The van der Waals surface area contributed by atoms with Crippen molar-refractivity contribution in [1.29, 1.82) is 0 Å². The van der Waals surface area contributed by atoms with Crippen molar-refractivity contribution in [3.8, 4) is 5.75 Å². The lowest BCUT2D eigenvalue weighted by Crippen LogP contribution is -2.58. The molecular formula is C24H27ClN2O6S. The number of nitrogens with zero attached hydrogens (tertiary/aromatic N) is 1. The predicted octanol–water partition coefficient (Wildman–Crippen LogP) is 3.57. The van der Waals surface area contributed by atoms with Gasteiger partial charge in [0.2, 0.25) is 10.0 Å². The number of hydrogen-bond donors (Lipinski definition) is 2. The third kappa shape index (κ3) is 4.78. The van der Waals surface area contributed by atoms with Crippen LogP contribution in [0.2, 0.25) is 5.02 Å². The second-order valence-corrected chi connectivity index (χ2v) is 11.0. The monoisotopic (exact) mass is 506 g/mol. The predicted molar refractivity (Wildman–Crippen MR) is 128 cm³/mol. The van der Waals surface area contributed by atoms with Gasteiger partial charge in [0.25, 0.3) is 5.91 Å². The van der Waals surface area contributed by atoms with Crippen molar-refractivity contribution in [2.75, 3.05) is 13.4 Å². The molecule has 1 fully saturated rings. The quantitative estimate of drug-likeness (QED) is 0.619. The summed E-state index contributed by atoms with van der Waals surface area (Å²) in [5.41, 5.74) is 1.27. The number of amides is 1. The number of carboxylic acid groups (broad SMARTS) is 1. The van der Waals surface area contributed by atoms with Crippen molar-refractivity contribution >= 4 is 33.5 Å². The number of ether oxygens (including phenoxy) is 1. The summed E-state index contributed by atoms with van der Waals surface area (Å²) in [6.45, 7) is 0. The lowest BCUT2D eigenvalue weighted by Gasteiger charge is -2.48. The van der Waals surface area contributed by atoms with Gasteiger partial charge >= 0.3 is 5.97 Å². The average Bonchev–Trinajstić information content (AvgIpc) is 2.78. The fraction of sp³-hybridized carbons (Fsp3) is 0.417. The Morgan fingerprint density at radius 3 is 2.44 bits per heavy atom. The van der Waals surface area contributed by atoms with E-state index in [1.54, 1.807) is 47.4 Å². The normalized spacial score (nSPS) is 25.0. The van der Waals surface area contributed by atoms with E-state index in [1.807, 2.05) is 0 Å². The first-order valence-electron chi connectivity index (χ1n) is 11.1. The second-order valence-electron chi connectivity index (χ2n) is 8.83. The molecule has 1 saturated carbocycles. The van der Waals surface area contributed by atoms with Gasteiger partial charge in [0, 0.05) is 22.7 Å². The Balaban J connectivity index is 1.92. The molecule has 1 aliphatic carbocycles. The van der Waals surface area contributed by atoms with Crippen LogP contribution in [-0.2, 0) is 14.8 Å². The number of fused-ring (bicyclic) bond motifs is 1. The summed E-state index contributed by atoms with van der Waals surface area (Å²) in [5, 5.41) is 10.8. The first-order chi connectivity index (χ1) is 16.1. The second kappa shape index (κ2) is 9.56. The van der Waals surface area contributed by atoms with E-state index in [2.05, 4.69) is 4.72 Å². The van der Waals surface area contributed by atoms with Gasteiger partial charge < -0.3 is 14.7 Å². The number of nitrogens with one attached hydrogen (secondary N) is 1. The van der Waals surface area contributed by atoms with Crippen LogP contribution in [-0.4, -0.2) is 55.7 Å². The fourth-order valence-electron chi connectivity index (χ4n) is 5.21. The number of halogens is 1. The lowest BCUT2D eigenvalue weighted by atomic mass is 9.77. The van der Waals surface area contributed by atoms with E-state index in [-0.39, 0.29) is 11.5 Å². The van der Waals surface area contributed by atoms with Gasteiger partial charge in [-0.25, -0.2) is 13.1 Å². The Hall–Kier alpha value is -2.62. The molecule has 4 atom stereocenters.